The molecular formula is C16H34IN5O. The summed E-state index contributed by atoms with van der Waals surface area (Å²) in [6.45, 7) is 10.7. The van der Waals surface area contributed by atoms with Crippen molar-refractivity contribution in [3.8, 4) is 0 Å². The highest BCUT2D eigenvalue weighted by Crippen LogP contribution is 2.07. The van der Waals surface area contributed by atoms with E-state index in [0.717, 1.165) is 51.9 Å². The van der Waals surface area contributed by atoms with E-state index in [2.05, 4.69) is 25.4 Å². The molecule has 0 amide bonds. The number of nitrogens with one attached hydrogen (secondary N) is 2. The summed E-state index contributed by atoms with van der Waals surface area (Å²) < 4.78 is 5.36. The lowest BCUT2D eigenvalue weighted by Crippen LogP contribution is -2.44. The molecule has 2 rings (SSSR count). The van der Waals surface area contributed by atoms with Gasteiger partial charge in [0.15, 0.2) is 5.96 Å². The number of nitrogens with zero attached hydrogens (tertiary/aromatic N) is 3. The van der Waals surface area contributed by atoms with E-state index in [9.17, 15) is 0 Å². The fraction of sp³-hybridized carbons (Fsp3) is 0.938. The van der Waals surface area contributed by atoms with Gasteiger partial charge in [-0.15, -0.1) is 24.0 Å². The highest BCUT2D eigenvalue weighted by molar-refractivity contribution is 14.0. The second-order valence-corrected chi connectivity index (χ2v) is 6.14. The van der Waals surface area contributed by atoms with Crippen LogP contribution in [0.5, 0.6) is 0 Å². The monoisotopic (exact) mass is 439 g/mol. The van der Waals surface area contributed by atoms with E-state index in [4.69, 9.17) is 4.74 Å². The van der Waals surface area contributed by atoms with Crippen LogP contribution in [0, 0.1) is 0 Å². The van der Waals surface area contributed by atoms with Crippen LogP contribution in [0.3, 0.4) is 0 Å². The minimum Gasteiger partial charge on any atom is -0.379 e. The Hall–Kier alpha value is -0.120. The second-order valence-electron chi connectivity index (χ2n) is 6.14. The largest absolute Gasteiger partial charge is 0.379 e. The Morgan fingerprint density at radius 3 is 2.26 bits per heavy atom. The topological polar surface area (TPSA) is 52.1 Å². The number of hydrogen-bond acceptors (Lipinski definition) is 4. The first-order valence-corrected chi connectivity index (χ1v) is 8.85. The summed E-state index contributed by atoms with van der Waals surface area (Å²) >= 11 is 0. The Balaban J connectivity index is 0.00000264. The Morgan fingerprint density at radius 1 is 0.913 bits per heavy atom. The van der Waals surface area contributed by atoms with Crippen molar-refractivity contribution in [1.29, 1.82) is 0 Å². The minimum absolute atomic E-state index is 0. The maximum Gasteiger partial charge on any atom is 0.191 e. The number of hydrogen-bond donors (Lipinski definition) is 2. The van der Waals surface area contributed by atoms with Crippen molar-refractivity contribution in [1.82, 2.24) is 20.4 Å². The van der Waals surface area contributed by atoms with Crippen LogP contribution in [-0.4, -0.2) is 88.4 Å². The standard InChI is InChI=1S/C16H33N5O.HI/c1-17-16(19-7-11-21-12-14-22-15-13-21)18-6-2-3-8-20-9-4-5-10-20;/h2-15H2,1H3,(H2,17,18,19);1H. The first kappa shape index (κ1) is 20.9. The van der Waals surface area contributed by atoms with Gasteiger partial charge >= 0.3 is 0 Å². The Labute approximate surface area is 158 Å². The number of aliphatic imine (C=N–C) groups is 1. The predicted octanol–water partition coefficient (Wildman–Crippen LogP) is 0.978. The van der Waals surface area contributed by atoms with Gasteiger partial charge in [-0.2, -0.15) is 0 Å². The van der Waals surface area contributed by atoms with Gasteiger partial charge in [-0.25, -0.2) is 0 Å². The van der Waals surface area contributed by atoms with Crippen LogP contribution in [0.25, 0.3) is 0 Å². The van der Waals surface area contributed by atoms with Crippen molar-refractivity contribution in [3.05, 3.63) is 0 Å². The maximum atomic E-state index is 5.36. The normalized spacial score (nSPS) is 20.3. The van der Waals surface area contributed by atoms with Crippen LogP contribution in [0.15, 0.2) is 4.99 Å². The highest BCUT2D eigenvalue weighted by Gasteiger charge is 2.11. The molecule has 2 N–H and O–H groups in total. The number of morpholine rings is 1. The molecule has 0 aliphatic carbocycles. The maximum absolute atomic E-state index is 5.36. The molecule has 0 aromatic rings. The molecule has 2 aliphatic heterocycles. The van der Waals surface area contributed by atoms with E-state index >= 15 is 0 Å². The fourth-order valence-electron chi connectivity index (χ4n) is 3.05. The fourth-order valence-corrected chi connectivity index (χ4v) is 3.05. The predicted molar refractivity (Wildman–Crippen MR) is 107 cm³/mol. The van der Waals surface area contributed by atoms with E-state index < -0.39 is 0 Å². The van der Waals surface area contributed by atoms with Gasteiger partial charge in [-0.05, 0) is 45.3 Å². The van der Waals surface area contributed by atoms with E-state index in [1.54, 1.807) is 0 Å². The van der Waals surface area contributed by atoms with E-state index in [1.807, 2.05) is 7.05 Å². The summed E-state index contributed by atoms with van der Waals surface area (Å²) in [6, 6.07) is 0. The van der Waals surface area contributed by atoms with Gasteiger partial charge in [-0.3, -0.25) is 9.89 Å². The third-order valence-electron chi connectivity index (χ3n) is 4.44. The summed E-state index contributed by atoms with van der Waals surface area (Å²) in [5, 5.41) is 6.80. The number of halogens is 1. The Morgan fingerprint density at radius 2 is 1.57 bits per heavy atom. The zero-order valence-electron chi connectivity index (χ0n) is 14.6. The molecule has 0 bridgehead atoms. The van der Waals surface area contributed by atoms with Crippen LogP contribution in [-0.2, 0) is 4.74 Å². The first-order chi connectivity index (χ1) is 10.9. The lowest BCUT2D eigenvalue weighted by Gasteiger charge is -2.26. The molecule has 2 aliphatic rings. The molecule has 0 unspecified atom stereocenters. The summed E-state index contributed by atoms with van der Waals surface area (Å²) in [5.41, 5.74) is 0. The number of likely N-dealkylation sites (tertiary alicyclic amines) is 1. The Bertz CT molecular complexity index is 318. The molecule has 0 aromatic heterocycles. The van der Waals surface area contributed by atoms with Crippen LogP contribution in [0.4, 0.5) is 0 Å². The van der Waals surface area contributed by atoms with E-state index in [-0.39, 0.29) is 24.0 Å². The molecule has 136 valence electrons. The van der Waals surface area contributed by atoms with Crippen LogP contribution >= 0.6 is 24.0 Å². The molecule has 6 nitrogen and oxygen atoms in total. The molecule has 2 heterocycles. The summed E-state index contributed by atoms with van der Waals surface area (Å²) in [4.78, 5) is 9.30. The van der Waals surface area contributed by atoms with Crippen LogP contribution in [0.2, 0.25) is 0 Å². The smallest absolute Gasteiger partial charge is 0.191 e. The number of ether oxygens (including phenoxy) is 1. The van der Waals surface area contributed by atoms with Gasteiger partial charge in [-0.1, -0.05) is 0 Å². The van der Waals surface area contributed by atoms with Crippen molar-refractivity contribution < 1.29 is 4.74 Å². The highest BCUT2D eigenvalue weighted by atomic mass is 127. The van der Waals surface area contributed by atoms with Gasteiger partial charge in [0.25, 0.3) is 0 Å². The van der Waals surface area contributed by atoms with Crippen molar-refractivity contribution in [2.75, 3.05) is 72.6 Å². The second kappa shape index (κ2) is 13.2. The Kier molecular flexibility index (Phi) is 12.0. The molecule has 0 atom stereocenters. The van der Waals surface area contributed by atoms with Crippen molar-refractivity contribution in [3.63, 3.8) is 0 Å². The third-order valence-corrected chi connectivity index (χ3v) is 4.44. The van der Waals surface area contributed by atoms with E-state index in [1.165, 1.54) is 45.3 Å². The lowest BCUT2D eigenvalue weighted by molar-refractivity contribution is 0.0389. The summed E-state index contributed by atoms with van der Waals surface area (Å²) in [5.74, 6) is 0.925. The third kappa shape index (κ3) is 9.07. The van der Waals surface area contributed by atoms with Gasteiger partial charge < -0.3 is 20.3 Å². The molecule has 7 heteroatoms. The average molecular weight is 439 g/mol. The first-order valence-electron chi connectivity index (χ1n) is 8.85. The van der Waals surface area contributed by atoms with Gasteiger partial charge in [0.05, 0.1) is 13.2 Å². The van der Waals surface area contributed by atoms with Crippen molar-refractivity contribution in [2.24, 2.45) is 4.99 Å². The molecule has 0 radical (unpaired) electrons. The molecule has 0 saturated carbocycles. The number of guanidine groups is 1. The molecule has 0 aromatic carbocycles. The molecule has 2 fully saturated rings. The summed E-state index contributed by atoms with van der Waals surface area (Å²) in [7, 11) is 1.84. The zero-order chi connectivity index (χ0) is 15.5. The quantitative estimate of drug-likeness (QED) is 0.256. The van der Waals surface area contributed by atoms with Crippen LogP contribution < -0.4 is 10.6 Å². The van der Waals surface area contributed by atoms with Crippen LogP contribution in [0.1, 0.15) is 25.7 Å². The van der Waals surface area contributed by atoms with Crippen molar-refractivity contribution in [2.45, 2.75) is 25.7 Å². The number of unbranched alkanes of at least 4 members (excludes halogenated alkanes) is 1. The van der Waals surface area contributed by atoms with E-state index in [0.29, 0.717) is 0 Å². The summed E-state index contributed by atoms with van der Waals surface area (Å²) in [6.07, 6.45) is 5.26. The average Bonchev–Trinajstić information content (AvgIpc) is 3.07. The lowest BCUT2D eigenvalue weighted by atomic mass is 10.3. The zero-order valence-corrected chi connectivity index (χ0v) is 16.9. The molecule has 23 heavy (non-hydrogen) atoms. The SMILES string of the molecule is CN=C(NCCCCN1CCCC1)NCCN1CCOCC1.I. The molecule has 2 saturated heterocycles. The molecule has 0 spiro atoms. The number of rotatable bonds is 8. The van der Waals surface area contributed by atoms with Crippen molar-refractivity contribution >= 4 is 29.9 Å². The molecular weight excluding hydrogens is 405 g/mol. The minimum atomic E-state index is 0. The van der Waals surface area contributed by atoms with Gasteiger partial charge in [0.2, 0.25) is 0 Å². The van der Waals surface area contributed by atoms with Gasteiger partial charge in [0, 0.05) is 39.8 Å². The van der Waals surface area contributed by atoms with Gasteiger partial charge in [0.1, 0.15) is 0 Å².